The minimum absolute atomic E-state index is 0.573. The molecule has 0 unspecified atom stereocenters. The normalized spacial score (nSPS) is 11.4. The number of anilines is 1. The molecule has 20 heavy (non-hydrogen) atoms. The molecule has 0 spiro atoms. The van der Waals surface area contributed by atoms with Crippen molar-refractivity contribution in [1.82, 2.24) is 4.98 Å². The molecule has 3 nitrogen and oxygen atoms in total. The third kappa shape index (κ3) is 4.48. The Morgan fingerprint density at radius 3 is 2.35 bits per heavy atom. The Kier molecular flexibility index (Phi) is 7.00. The summed E-state index contributed by atoms with van der Waals surface area (Å²) in [6.07, 6.45) is 5.22. The quantitative estimate of drug-likeness (QED) is 0.790. The molecule has 3 heteroatoms. The van der Waals surface area contributed by atoms with Crippen LogP contribution in [0.5, 0.6) is 0 Å². The second-order valence-corrected chi connectivity index (χ2v) is 6.04. The van der Waals surface area contributed by atoms with Crippen molar-refractivity contribution in [2.24, 2.45) is 11.7 Å². The van der Waals surface area contributed by atoms with Crippen LogP contribution in [0.1, 0.15) is 51.7 Å². The van der Waals surface area contributed by atoms with Crippen molar-refractivity contribution in [3.63, 3.8) is 0 Å². The fourth-order valence-corrected chi connectivity index (χ4v) is 2.76. The SMILES string of the molecule is CCC(CC)N(CC(C)C)c1ncc(CCN)cc1C. The van der Waals surface area contributed by atoms with E-state index in [1.54, 1.807) is 0 Å². The molecule has 0 aliphatic rings. The van der Waals surface area contributed by atoms with Gasteiger partial charge < -0.3 is 10.6 Å². The number of aryl methyl sites for hydroxylation is 1. The van der Waals surface area contributed by atoms with Crippen molar-refractivity contribution in [3.8, 4) is 0 Å². The lowest BCUT2D eigenvalue weighted by atomic mass is 10.1. The first kappa shape index (κ1) is 17.0. The van der Waals surface area contributed by atoms with Crippen LogP contribution in [0.15, 0.2) is 12.3 Å². The van der Waals surface area contributed by atoms with Crippen molar-refractivity contribution in [2.45, 2.75) is 59.9 Å². The maximum atomic E-state index is 5.63. The average Bonchev–Trinajstić information content (AvgIpc) is 2.39. The number of nitrogens with zero attached hydrogens (tertiary/aromatic N) is 2. The molecule has 0 aliphatic heterocycles. The van der Waals surface area contributed by atoms with E-state index in [1.807, 2.05) is 6.20 Å². The highest BCUT2D eigenvalue weighted by Gasteiger charge is 2.19. The van der Waals surface area contributed by atoms with E-state index in [1.165, 1.54) is 11.1 Å². The molecule has 0 atom stereocenters. The van der Waals surface area contributed by atoms with Crippen LogP contribution in [-0.4, -0.2) is 24.1 Å². The number of hydrogen-bond acceptors (Lipinski definition) is 3. The summed E-state index contributed by atoms with van der Waals surface area (Å²) >= 11 is 0. The van der Waals surface area contributed by atoms with E-state index < -0.39 is 0 Å². The second-order valence-electron chi connectivity index (χ2n) is 6.04. The predicted molar refractivity (Wildman–Crippen MR) is 88.3 cm³/mol. The minimum Gasteiger partial charge on any atom is -0.353 e. The minimum atomic E-state index is 0.573. The molecule has 0 amide bonds. The highest BCUT2D eigenvalue weighted by molar-refractivity contribution is 5.48. The standard InChI is InChI=1S/C17H31N3/c1-6-16(7-2)20(12-13(3)4)17-14(5)10-15(8-9-18)11-19-17/h10-11,13,16H,6-9,12,18H2,1-5H3. The summed E-state index contributed by atoms with van der Waals surface area (Å²) in [7, 11) is 0. The van der Waals surface area contributed by atoms with Crippen LogP contribution in [0.4, 0.5) is 5.82 Å². The maximum Gasteiger partial charge on any atom is 0.131 e. The van der Waals surface area contributed by atoms with Gasteiger partial charge in [0.1, 0.15) is 5.82 Å². The van der Waals surface area contributed by atoms with Gasteiger partial charge >= 0.3 is 0 Å². The van der Waals surface area contributed by atoms with Crippen LogP contribution in [0.25, 0.3) is 0 Å². The van der Waals surface area contributed by atoms with E-state index in [0.717, 1.165) is 31.6 Å². The van der Waals surface area contributed by atoms with Gasteiger partial charge in [0.25, 0.3) is 0 Å². The molecule has 0 saturated heterocycles. The molecular weight excluding hydrogens is 246 g/mol. The summed E-state index contributed by atoms with van der Waals surface area (Å²) in [5.41, 5.74) is 8.13. The Morgan fingerprint density at radius 2 is 1.90 bits per heavy atom. The molecule has 0 aliphatic carbocycles. The van der Waals surface area contributed by atoms with E-state index in [9.17, 15) is 0 Å². The maximum absolute atomic E-state index is 5.63. The lowest BCUT2D eigenvalue weighted by Crippen LogP contribution is -2.38. The monoisotopic (exact) mass is 277 g/mol. The van der Waals surface area contributed by atoms with E-state index in [2.05, 4.69) is 45.6 Å². The smallest absolute Gasteiger partial charge is 0.131 e. The molecule has 114 valence electrons. The van der Waals surface area contributed by atoms with Gasteiger partial charge in [-0.3, -0.25) is 0 Å². The van der Waals surface area contributed by atoms with Crippen molar-refractivity contribution >= 4 is 5.82 Å². The van der Waals surface area contributed by atoms with Crippen molar-refractivity contribution in [3.05, 3.63) is 23.4 Å². The van der Waals surface area contributed by atoms with Gasteiger partial charge in [0, 0.05) is 18.8 Å². The summed E-state index contributed by atoms with van der Waals surface area (Å²) < 4.78 is 0. The number of aromatic nitrogens is 1. The topological polar surface area (TPSA) is 42.2 Å². The summed E-state index contributed by atoms with van der Waals surface area (Å²) in [4.78, 5) is 7.23. The van der Waals surface area contributed by atoms with E-state index in [-0.39, 0.29) is 0 Å². The zero-order chi connectivity index (χ0) is 15.1. The van der Waals surface area contributed by atoms with E-state index in [0.29, 0.717) is 18.5 Å². The first-order valence-corrected chi connectivity index (χ1v) is 7.95. The van der Waals surface area contributed by atoms with Gasteiger partial charge in [-0.15, -0.1) is 0 Å². The van der Waals surface area contributed by atoms with Crippen LogP contribution in [-0.2, 0) is 6.42 Å². The Bertz CT molecular complexity index is 397. The van der Waals surface area contributed by atoms with Gasteiger partial charge in [-0.2, -0.15) is 0 Å². The van der Waals surface area contributed by atoms with Gasteiger partial charge in [0.2, 0.25) is 0 Å². The molecule has 0 bridgehead atoms. The molecule has 1 heterocycles. The third-order valence-electron chi connectivity index (χ3n) is 3.76. The van der Waals surface area contributed by atoms with E-state index >= 15 is 0 Å². The van der Waals surface area contributed by atoms with Gasteiger partial charge in [0.05, 0.1) is 0 Å². The second kappa shape index (κ2) is 8.25. The lowest BCUT2D eigenvalue weighted by molar-refractivity contribution is 0.502. The highest BCUT2D eigenvalue weighted by atomic mass is 15.2. The Labute approximate surface area is 124 Å². The molecule has 0 saturated carbocycles. The number of pyridine rings is 1. The van der Waals surface area contributed by atoms with Crippen LogP contribution in [0.3, 0.4) is 0 Å². The molecule has 1 aromatic heterocycles. The average molecular weight is 277 g/mol. The summed E-state index contributed by atoms with van der Waals surface area (Å²) in [5.74, 6) is 1.79. The summed E-state index contributed by atoms with van der Waals surface area (Å²) in [6, 6.07) is 2.81. The molecule has 1 rings (SSSR count). The number of rotatable bonds is 8. The van der Waals surface area contributed by atoms with Crippen molar-refractivity contribution in [2.75, 3.05) is 18.0 Å². The van der Waals surface area contributed by atoms with Crippen LogP contribution < -0.4 is 10.6 Å². The van der Waals surface area contributed by atoms with Crippen molar-refractivity contribution < 1.29 is 0 Å². The van der Waals surface area contributed by atoms with Crippen LogP contribution >= 0.6 is 0 Å². The predicted octanol–water partition coefficient (Wildman–Crippen LogP) is 3.54. The van der Waals surface area contributed by atoms with Gasteiger partial charge in [0.15, 0.2) is 0 Å². The first-order chi connectivity index (χ1) is 9.53. The highest BCUT2D eigenvalue weighted by Crippen LogP contribution is 2.24. The van der Waals surface area contributed by atoms with Gasteiger partial charge in [-0.05, 0) is 49.8 Å². The Hall–Kier alpha value is -1.09. The molecular formula is C17H31N3. The van der Waals surface area contributed by atoms with Crippen molar-refractivity contribution in [1.29, 1.82) is 0 Å². The zero-order valence-corrected chi connectivity index (χ0v) is 13.8. The molecule has 0 aromatic carbocycles. The summed E-state index contributed by atoms with van der Waals surface area (Å²) in [6.45, 7) is 13.0. The van der Waals surface area contributed by atoms with Gasteiger partial charge in [-0.1, -0.05) is 33.8 Å². The first-order valence-electron chi connectivity index (χ1n) is 7.95. The third-order valence-corrected chi connectivity index (χ3v) is 3.76. The fraction of sp³-hybridized carbons (Fsp3) is 0.706. The number of nitrogens with two attached hydrogens (primary N) is 1. The lowest BCUT2D eigenvalue weighted by Gasteiger charge is -2.34. The Morgan fingerprint density at radius 1 is 1.25 bits per heavy atom. The van der Waals surface area contributed by atoms with E-state index in [4.69, 9.17) is 10.7 Å². The largest absolute Gasteiger partial charge is 0.353 e. The molecule has 0 radical (unpaired) electrons. The zero-order valence-electron chi connectivity index (χ0n) is 13.8. The molecule has 1 aromatic rings. The van der Waals surface area contributed by atoms with Crippen LogP contribution in [0, 0.1) is 12.8 Å². The van der Waals surface area contributed by atoms with Gasteiger partial charge in [-0.25, -0.2) is 4.98 Å². The molecule has 0 fully saturated rings. The summed E-state index contributed by atoms with van der Waals surface area (Å²) in [5, 5.41) is 0. The molecule has 2 N–H and O–H groups in total. The number of hydrogen-bond donors (Lipinski definition) is 1. The Balaban J connectivity index is 3.06. The fourth-order valence-electron chi connectivity index (χ4n) is 2.76. The van der Waals surface area contributed by atoms with Crippen LogP contribution in [0.2, 0.25) is 0 Å².